The van der Waals surface area contributed by atoms with Crippen molar-refractivity contribution in [1.29, 1.82) is 0 Å². The highest BCUT2D eigenvalue weighted by atomic mass is 32.2. The van der Waals surface area contributed by atoms with Crippen LogP contribution in [0, 0.1) is 0 Å². The van der Waals surface area contributed by atoms with Gasteiger partial charge in [0.2, 0.25) is 0 Å². The number of likely N-dealkylation sites (N-methyl/N-ethyl adjacent to an activating group) is 1. The molecule has 3 heteroatoms. The van der Waals surface area contributed by atoms with Gasteiger partial charge in [0.25, 0.3) is 0 Å². The summed E-state index contributed by atoms with van der Waals surface area (Å²) >= 11 is 1.89. The highest BCUT2D eigenvalue weighted by Gasteiger charge is 2.22. The maximum Gasteiger partial charge on any atom is 0.117 e. The minimum atomic E-state index is 0.491. The fourth-order valence-electron chi connectivity index (χ4n) is 1.09. The number of rotatable bonds is 2. The van der Waals surface area contributed by atoms with Gasteiger partial charge in [0.15, 0.2) is 0 Å². The second-order valence-electron chi connectivity index (χ2n) is 3.75. The quantitative estimate of drug-likeness (QED) is 0.555. The molecule has 1 rings (SSSR count). The smallest absolute Gasteiger partial charge is 0.117 e. The second kappa shape index (κ2) is 3.11. The lowest BCUT2D eigenvalue weighted by Crippen LogP contribution is -2.42. The van der Waals surface area contributed by atoms with Crippen LogP contribution in [0.5, 0.6) is 0 Å². The molecule has 60 valence electrons. The van der Waals surface area contributed by atoms with Gasteiger partial charge in [-0.3, -0.25) is 0 Å². The number of quaternary nitrogens is 1. The van der Waals surface area contributed by atoms with Crippen molar-refractivity contribution in [3.63, 3.8) is 0 Å². The normalized spacial score (nSPS) is 27.3. The summed E-state index contributed by atoms with van der Waals surface area (Å²) in [7, 11) is 6.60. The summed E-state index contributed by atoms with van der Waals surface area (Å²) in [5, 5.41) is 0. The van der Waals surface area contributed by atoms with Crippen LogP contribution in [0.4, 0.5) is 0 Å². The lowest BCUT2D eigenvalue weighted by Gasteiger charge is -2.26. The molecule has 0 aromatic heterocycles. The zero-order chi connectivity index (χ0) is 7.61. The van der Waals surface area contributed by atoms with Crippen LogP contribution in [0.15, 0.2) is 0 Å². The molecule has 0 radical (unpaired) electrons. The zero-order valence-corrected chi connectivity index (χ0v) is 7.78. The number of hydrogen-bond acceptors (Lipinski definition) is 2. The minimum Gasteiger partial charge on any atom is -0.361 e. The summed E-state index contributed by atoms with van der Waals surface area (Å²) in [5.41, 5.74) is 0. The predicted octanol–water partition coefficient (Wildman–Crippen LogP) is 0.782. The molecule has 1 fully saturated rings. The first-order valence-electron chi connectivity index (χ1n) is 3.58. The average Bonchev–Trinajstić information content (AvgIpc) is 2.12. The second-order valence-corrected chi connectivity index (χ2v) is 4.73. The molecule has 0 bridgehead atoms. The minimum absolute atomic E-state index is 0.491. The highest BCUT2D eigenvalue weighted by Crippen LogP contribution is 2.17. The molecule has 2 nitrogen and oxygen atoms in total. The Hall–Kier alpha value is 0.270. The van der Waals surface area contributed by atoms with Crippen molar-refractivity contribution in [1.82, 2.24) is 0 Å². The first kappa shape index (κ1) is 8.37. The van der Waals surface area contributed by atoms with Crippen LogP contribution in [0.2, 0.25) is 0 Å². The van der Waals surface area contributed by atoms with E-state index < -0.39 is 0 Å². The molecule has 0 aromatic carbocycles. The van der Waals surface area contributed by atoms with Gasteiger partial charge in [-0.2, -0.15) is 0 Å². The molecular weight excluding hydrogens is 146 g/mol. The van der Waals surface area contributed by atoms with Gasteiger partial charge in [-0.1, -0.05) is 0 Å². The van der Waals surface area contributed by atoms with Crippen molar-refractivity contribution < 1.29 is 9.22 Å². The predicted molar refractivity (Wildman–Crippen MR) is 45.1 cm³/mol. The molecule has 1 heterocycles. The standard InChI is InChI=1S/C7H16NOS/c1-8(2,3)4-7-5-10-6-9-7/h7H,4-6H2,1-3H3/q+1. The zero-order valence-electron chi connectivity index (χ0n) is 6.96. The molecule has 1 atom stereocenters. The Morgan fingerprint density at radius 1 is 1.50 bits per heavy atom. The van der Waals surface area contributed by atoms with Crippen molar-refractivity contribution in [2.24, 2.45) is 0 Å². The van der Waals surface area contributed by atoms with Crippen LogP contribution in [-0.4, -0.2) is 50.0 Å². The van der Waals surface area contributed by atoms with Gasteiger partial charge in [-0.05, 0) is 0 Å². The van der Waals surface area contributed by atoms with E-state index in [1.54, 1.807) is 0 Å². The van der Waals surface area contributed by atoms with Crippen LogP contribution >= 0.6 is 11.8 Å². The molecular formula is C7H16NOS+. The van der Waals surface area contributed by atoms with Crippen molar-refractivity contribution in [3.8, 4) is 0 Å². The third-order valence-corrected chi connectivity index (χ3v) is 2.35. The van der Waals surface area contributed by atoms with E-state index in [1.807, 2.05) is 11.8 Å². The van der Waals surface area contributed by atoms with Gasteiger partial charge in [-0.25, -0.2) is 0 Å². The number of nitrogens with zero attached hydrogens (tertiary/aromatic N) is 1. The van der Waals surface area contributed by atoms with Crippen LogP contribution in [0.1, 0.15) is 0 Å². The van der Waals surface area contributed by atoms with E-state index in [2.05, 4.69) is 21.1 Å². The van der Waals surface area contributed by atoms with Gasteiger partial charge >= 0.3 is 0 Å². The topological polar surface area (TPSA) is 9.23 Å². The Balaban J connectivity index is 2.24. The molecule has 0 N–H and O–H groups in total. The van der Waals surface area contributed by atoms with Gasteiger partial charge < -0.3 is 9.22 Å². The van der Waals surface area contributed by atoms with Crippen LogP contribution < -0.4 is 0 Å². The van der Waals surface area contributed by atoms with E-state index in [0.717, 1.165) is 17.0 Å². The van der Waals surface area contributed by atoms with Crippen LogP contribution in [0.3, 0.4) is 0 Å². The van der Waals surface area contributed by atoms with Crippen LogP contribution in [0.25, 0.3) is 0 Å². The van der Waals surface area contributed by atoms with E-state index in [9.17, 15) is 0 Å². The van der Waals surface area contributed by atoms with E-state index >= 15 is 0 Å². The Bertz CT molecular complexity index is 105. The number of thioether (sulfide) groups is 1. The summed E-state index contributed by atoms with van der Waals surface area (Å²) < 4.78 is 6.48. The fourth-order valence-corrected chi connectivity index (χ4v) is 1.94. The Labute approximate surface area is 67.1 Å². The maximum atomic E-state index is 5.48. The lowest BCUT2D eigenvalue weighted by molar-refractivity contribution is -0.873. The van der Waals surface area contributed by atoms with E-state index in [4.69, 9.17) is 4.74 Å². The summed E-state index contributed by atoms with van der Waals surface area (Å²) in [6.07, 6.45) is 0.491. The first-order valence-corrected chi connectivity index (χ1v) is 4.73. The van der Waals surface area contributed by atoms with Gasteiger partial charge in [0, 0.05) is 5.75 Å². The maximum absolute atomic E-state index is 5.48. The van der Waals surface area contributed by atoms with Crippen molar-refractivity contribution in [3.05, 3.63) is 0 Å². The fraction of sp³-hybridized carbons (Fsp3) is 1.00. The molecule has 1 aliphatic heterocycles. The summed E-state index contributed by atoms with van der Waals surface area (Å²) in [4.78, 5) is 0. The SMILES string of the molecule is C[N+](C)(C)CC1CSCO1. The molecule has 0 aliphatic carbocycles. The number of hydrogen-bond donors (Lipinski definition) is 0. The highest BCUT2D eigenvalue weighted by molar-refractivity contribution is 7.99. The van der Waals surface area contributed by atoms with Gasteiger partial charge in [0.1, 0.15) is 12.6 Å². The Morgan fingerprint density at radius 3 is 2.60 bits per heavy atom. The summed E-state index contributed by atoms with van der Waals surface area (Å²) in [5.74, 6) is 2.07. The van der Waals surface area contributed by atoms with Crippen molar-refractivity contribution >= 4 is 11.8 Å². The third-order valence-electron chi connectivity index (χ3n) is 1.44. The molecule has 0 aromatic rings. The molecule has 0 amide bonds. The Kier molecular flexibility index (Phi) is 2.61. The molecule has 10 heavy (non-hydrogen) atoms. The molecule has 0 spiro atoms. The molecule has 1 unspecified atom stereocenters. The molecule has 0 saturated carbocycles. The molecule has 1 saturated heterocycles. The van der Waals surface area contributed by atoms with Crippen LogP contribution in [-0.2, 0) is 4.74 Å². The molecule has 1 aliphatic rings. The summed E-state index contributed by atoms with van der Waals surface area (Å²) in [6.45, 7) is 1.13. The average molecular weight is 162 g/mol. The first-order chi connectivity index (χ1) is 4.58. The largest absolute Gasteiger partial charge is 0.361 e. The van der Waals surface area contributed by atoms with Crippen molar-refractivity contribution in [2.45, 2.75) is 6.10 Å². The monoisotopic (exact) mass is 162 g/mol. The van der Waals surface area contributed by atoms with Gasteiger partial charge in [-0.15, -0.1) is 11.8 Å². The van der Waals surface area contributed by atoms with E-state index in [-0.39, 0.29) is 0 Å². The van der Waals surface area contributed by atoms with Crippen molar-refractivity contribution in [2.75, 3.05) is 39.4 Å². The Morgan fingerprint density at radius 2 is 2.20 bits per heavy atom. The lowest BCUT2D eigenvalue weighted by atomic mass is 10.3. The number of ether oxygens (including phenoxy) is 1. The van der Waals surface area contributed by atoms with Gasteiger partial charge in [0.05, 0.1) is 27.1 Å². The third kappa shape index (κ3) is 2.90. The summed E-state index contributed by atoms with van der Waals surface area (Å²) in [6, 6.07) is 0. The van der Waals surface area contributed by atoms with E-state index in [1.165, 1.54) is 5.75 Å². The van der Waals surface area contributed by atoms with E-state index in [0.29, 0.717) is 6.10 Å².